The number of imide groups is 1. The molecule has 7 heteroatoms. The minimum Gasteiger partial charge on any atom is -0.372 e. The number of nitrogens with two attached hydrogens (primary N) is 1. The molecule has 2 amide bonds. The monoisotopic (exact) mass is 252 g/mol. The zero-order valence-corrected chi connectivity index (χ0v) is 9.57. The van der Waals surface area contributed by atoms with Crippen LogP contribution in [0.2, 0.25) is 0 Å². The number of hydrogen-bond donors (Lipinski definition) is 3. The molecule has 2 heterocycles. The predicted octanol–water partition coefficient (Wildman–Crippen LogP) is -0.104. The van der Waals surface area contributed by atoms with Crippen LogP contribution in [0.25, 0.3) is 0 Å². The molecule has 1 aromatic rings. The zero-order chi connectivity index (χ0) is 13.1. The quantitative estimate of drug-likeness (QED) is 0.515. The van der Waals surface area contributed by atoms with Crippen molar-refractivity contribution in [1.29, 1.82) is 0 Å². The molecule has 0 radical (unpaired) electrons. The van der Waals surface area contributed by atoms with Crippen molar-refractivity contribution in [2.75, 3.05) is 5.32 Å². The lowest BCUT2D eigenvalue weighted by Crippen LogP contribution is -2.47. The lowest BCUT2D eigenvalue weighted by atomic mass is 10.1. The molecule has 1 aliphatic rings. The van der Waals surface area contributed by atoms with Gasteiger partial charge >= 0.3 is 0 Å². The molecule has 2 rings (SSSR count). The first kappa shape index (κ1) is 12.4. The van der Waals surface area contributed by atoms with Gasteiger partial charge in [-0.25, -0.2) is 4.98 Å². The summed E-state index contributed by atoms with van der Waals surface area (Å²) in [6, 6.07) is 0.689. The van der Waals surface area contributed by atoms with E-state index in [0.29, 0.717) is 17.7 Å². The lowest BCUT2D eigenvalue weighted by molar-refractivity contribution is -0.133. The number of aromatic nitrogens is 1. The van der Waals surface area contributed by atoms with Crippen molar-refractivity contribution >= 4 is 17.5 Å². The van der Waals surface area contributed by atoms with Crippen LogP contribution in [0.1, 0.15) is 18.4 Å². The molecular weight excluding hydrogens is 239 g/mol. The number of carbonyl (C=O) groups is 2. The molecule has 0 aromatic carbocycles. The summed E-state index contributed by atoms with van der Waals surface area (Å²) >= 11 is 0. The highest BCUT2D eigenvalue weighted by atomic mass is 19.1. The van der Waals surface area contributed by atoms with E-state index in [0.717, 1.165) is 0 Å². The van der Waals surface area contributed by atoms with Gasteiger partial charge in [0.05, 0.1) is 11.9 Å². The molecule has 1 fully saturated rings. The van der Waals surface area contributed by atoms with Crippen LogP contribution in [0.4, 0.5) is 10.1 Å². The molecule has 1 atom stereocenters. The van der Waals surface area contributed by atoms with E-state index in [-0.39, 0.29) is 18.9 Å². The molecule has 96 valence electrons. The van der Waals surface area contributed by atoms with Crippen molar-refractivity contribution in [3.63, 3.8) is 0 Å². The summed E-state index contributed by atoms with van der Waals surface area (Å²) in [7, 11) is 0. The number of carbonyl (C=O) groups excluding carboxylic acids is 2. The molecule has 4 N–H and O–H groups in total. The largest absolute Gasteiger partial charge is 0.372 e. The number of hydrogen-bond acceptors (Lipinski definition) is 5. The summed E-state index contributed by atoms with van der Waals surface area (Å²) in [4.78, 5) is 26.1. The van der Waals surface area contributed by atoms with Gasteiger partial charge in [0.2, 0.25) is 17.8 Å². The molecule has 0 spiro atoms. The number of pyridine rings is 1. The number of nitrogens with one attached hydrogen (secondary N) is 2. The Labute approximate surface area is 103 Å². The first-order chi connectivity index (χ1) is 8.60. The van der Waals surface area contributed by atoms with E-state index in [9.17, 15) is 14.0 Å². The highest BCUT2D eigenvalue weighted by molar-refractivity contribution is 6.01. The average molecular weight is 252 g/mol. The SMILES string of the molecule is NCc1cc(F)ncc1NC1CCC(=O)NC1=O. The molecular formula is C11H13FN4O2. The Balaban J connectivity index is 2.14. The van der Waals surface area contributed by atoms with Crippen LogP contribution in [-0.2, 0) is 16.1 Å². The standard InChI is InChI=1S/C11H13FN4O2/c12-9-3-6(4-13)8(5-14-9)15-7-1-2-10(17)16-11(7)18/h3,5,7,15H,1-2,4,13H2,(H,16,17,18). The van der Waals surface area contributed by atoms with E-state index < -0.39 is 17.9 Å². The van der Waals surface area contributed by atoms with Gasteiger partial charge in [-0.05, 0) is 18.1 Å². The Morgan fingerprint density at radius 2 is 2.33 bits per heavy atom. The fourth-order valence-electron chi connectivity index (χ4n) is 1.79. The first-order valence-electron chi connectivity index (χ1n) is 5.55. The summed E-state index contributed by atoms with van der Waals surface area (Å²) in [5.41, 5.74) is 6.53. The summed E-state index contributed by atoms with van der Waals surface area (Å²) in [6.45, 7) is 0.134. The van der Waals surface area contributed by atoms with Gasteiger partial charge in [0.15, 0.2) is 0 Å². The number of nitrogens with zero attached hydrogens (tertiary/aromatic N) is 1. The number of halogens is 1. The number of rotatable bonds is 3. The normalized spacial score (nSPS) is 19.6. The van der Waals surface area contributed by atoms with Crippen LogP contribution in [0, 0.1) is 5.95 Å². The number of anilines is 1. The number of piperidine rings is 1. The lowest BCUT2D eigenvalue weighted by Gasteiger charge is -2.23. The van der Waals surface area contributed by atoms with E-state index in [1.165, 1.54) is 12.3 Å². The van der Waals surface area contributed by atoms with Gasteiger partial charge in [0.1, 0.15) is 6.04 Å². The maximum Gasteiger partial charge on any atom is 0.249 e. The van der Waals surface area contributed by atoms with E-state index in [1.54, 1.807) is 0 Å². The summed E-state index contributed by atoms with van der Waals surface area (Å²) < 4.78 is 12.9. The minimum atomic E-state index is -0.621. The van der Waals surface area contributed by atoms with Crippen LogP contribution in [-0.4, -0.2) is 22.8 Å². The summed E-state index contributed by atoms with van der Waals surface area (Å²) in [5.74, 6) is -1.29. The molecule has 0 bridgehead atoms. The maximum absolute atomic E-state index is 12.9. The molecule has 0 aliphatic carbocycles. The van der Waals surface area contributed by atoms with E-state index >= 15 is 0 Å². The van der Waals surface area contributed by atoms with Gasteiger partial charge in [-0.2, -0.15) is 4.39 Å². The van der Waals surface area contributed by atoms with Gasteiger partial charge in [-0.15, -0.1) is 0 Å². The third kappa shape index (κ3) is 2.62. The molecule has 6 nitrogen and oxygen atoms in total. The average Bonchev–Trinajstić information content (AvgIpc) is 2.34. The van der Waals surface area contributed by atoms with Crippen molar-refractivity contribution in [2.45, 2.75) is 25.4 Å². The van der Waals surface area contributed by atoms with Gasteiger partial charge in [-0.3, -0.25) is 14.9 Å². The predicted molar refractivity (Wildman–Crippen MR) is 61.9 cm³/mol. The van der Waals surface area contributed by atoms with Crippen molar-refractivity contribution < 1.29 is 14.0 Å². The van der Waals surface area contributed by atoms with Crippen LogP contribution in [0.15, 0.2) is 12.3 Å². The molecule has 1 unspecified atom stereocenters. The Morgan fingerprint density at radius 3 is 3.00 bits per heavy atom. The first-order valence-corrected chi connectivity index (χ1v) is 5.55. The van der Waals surface area contributed by atoms with Crippen molar-refractivity contribution in [3.8, 4) is 0 Å². The minimum absolute atomic E-state index is 0.134. The molecule has 0 saturated carbocycles. The van der Waals surface area contributed by atoms with Crippen molar-refractivity contribution in [2.24, 2.45) is 5.73 Å². The summed E-state index contributed by atoms with van der Waals surface area (Å²) in [5, 5.41) is 5.16. The second kappa shape index (κ2) is 5.09. The maximum atomic E-state index is 12.9. The fourth-order valence-corrected chi connectivity index (χ4v) is 1.79. The molecule has 1 aromatic heterocycles. The summed E-state index contributed by atoms with van der Waals surface area (Å²) in [6.07, 6.45) is 1.96. The second-order valence-electron chi connectivity index (χ2n) is 4.02. The second-order valence-corrected chi connectivity index (χ2v) is 4.02. The fraction of sp³-hybridized carbons (Fsp3) is 0.364. The Kier molecular flexibility index (Phi) is 3.52. The Bertz CT molecular complexity index is 492. The van der Waals surface area contributed by atoms with Crippen molar-refractivity contribution in [3.05, 3.63) is 23.8 Å². The molecule has 1 aliphatic heterocycles. The van der Waals surface area contributed by atoms with Gasteiger partial charge in [0.25, 0.3) is 0 Å². The van der Waals surface area contributed by atoms with Crippen LogP contribution < -0.4 is 16.4 Å². The number of amides is 2. The highest BCUT2D eigenvalue weighted by Crippen LogP contribution is 2.18. The Morgan fingerprint density at radius 1 is 1.56 bits per heavy atom. The molecule has 1 saturated heterocycles. The van der Waals surface area contributed by atoms with E-state index in [4.69, 9.17) is 5.73 Å². The van der Waals surface area contributed by atoms with Gasteiger partial charge in [0, 0.05) is 13.0 Å². The van der Waals surface area contributed by atoms with E-state index in [2.05, 4.69) is 15.6 Å². The third-order valence-corrected chi connectivity index (χ3v) is 2.75. The van der Waals surface area contributed by atoms with E-state index in [1.807, 2.05) is 0 Å². The van der Waals surface area contributed by atoms with Gasteiger partial charge in [-0.1, -0.05) is 0 Å². The van der Waals surface area contributed by atoms with Crippen LogP contribution in [0.5, 0.6) is 0 Å². The van der Waals surface area contributed by atoms with Gasteiger partial charge < -0.3 is 11.1 Å². The smallest absolute Gasteiger partial charge is 0.249 e. The third-order valence-electron chi connectivity index (χ3n) is 2.75. The van der Waals surface area contributed by atoms with Crippen LogP contribution >= 0.6 is 0 Å². The molecule has 18 heavy (non-hydrogen) atoms. The topological polar surface area (TPSA) is 97.1 Å². The Hall–Kier alpha value is -2.02. The van der Waals surface area contributed by atoms with Crippen LogP contribution in [0.3, 0.4) is 0 Å². The zero-order valence-electron chi connectivity index (χ0n) is 9.57. The highest BCUT2D eigenvalue weighted by Gasteiger charge is 2.26. The van der Waals surface area contributed by atoms with Crippen molar-refractivity contribution in [1.82, 2.24) is 10.3 Å².